The van der Waals surface area contributed by atoms with E-state index < -0.39 is 21.7 Å². The molecule has 2 aliphatic heterocycles. The number of nitrogens with one attached hydrogen (secondary N) is 1. The molecule has 8 nitrogen and oxygen atoms in total. The van der Waals surface area contributed by atoms with Crippen LogP contribution < -0.4 is 14.4 Å². The van der Waals surface area contributed by atoms with Gasteiger partial charge < -0.3 is 14.4 Å². The number of benzene rings is 2. The molecular weight excluding hydrogens is 598 g/mol. The number of hydrogen-bond donors (Lipinski definition) is 1. The van der Waals surface area contributed by atoms with Crippen LogP contribution in [0.5, 0.6) is 5.75 Å². The summed E-state index contributed by atoms with van der Waals surface area (Å²) >= 11 is 6.42. The first kappa shape index (κ1) is 32.5. The van der Waals surface area contributed by atoms with Gasteiger partial charge in [0, 0.05) is 43.1 Å². The van der Waals surface area contributed by atoms with Gasteiger partial charge in [0.25, 0.3) is 5.91 Å². The molecule has 238 valence electrons. The lowest BCUT2D eigenvalue weighted by atomic mass is 9.70. The van der Waals surface area contributed by atoms with Crippen molar-refractivity contribution in [2.45, 2.75) is 70.8 Å². The molecule has 1 aliphatic carbocycles. The standard InChI is InChI=1S/C34H44ClN3O5S/c1-5-25-20-38-21-34(16-9-10-26-18-28(35)13-14-29(26)34)22-43-32-15-12-27(19-30(32)38)33(40)37-44(41,36-24(3)39)17-8-6-7-11-31(42-4)23(25)2/h7,11-15,18-19,23,25,31H,5-6,8-10,16-17,20-22H2,1-4H3,(H,36,37,39,40,41)/b11-7-/t23-,25+,31+,34+,44?/m1/s1. The minimum absolute atomic E-state index is 0.0690. The van der Waals surface area contributed by atoms with Crippen molar-refractivity contribution in [1.29, 1.82) is 0 Å². The molecule has 0 radical (unpaired) electrons. The smallest absolute Gasteiger partial charge is 0.286 e. The zero-order chi connectivity index (χ0) is 31.5. The van der Waals surface area contributed by atoms with Crippen LogP contribution in [0, 0.1) is 11.8 Å². The maximum atomic E-state index is 13.7. The summed E-state index contributed by atoms with van der Waals surface area (Å²) in [4.78, 5) is 27.8. The number of ether oxygens (including phenoxy) is 2. The lowest BCUT2D eigenvalue weighted by Crippen LogP contribution is -2.47. The van der Waals surface area contributed by atoms with Crippen LogP contribution >= 0.6 is 11.6 Å². The third-order valence-corrected chi connectivity index (χ3v) is 11.6. The second-order valence-electron chi connectivity index (χ2n) is 12.5. The Morgan fingerprint density at radius 1 is 1.25 bits per heavy atom. The second kappa shape index (κ2) is 13.6. The van der Waals surface area contributed by atoms with Crippen LogP contribution in [0.3, 0.4) is 0 Å². The number of carbonyl (C=O) groups excluding carboxylic acids is 2. The number of anilines is 1. The molecule has 0 saturated carbocycles. The van der Waals surface area contributed by atoms with E-state index in [-0.39, 0.29) is 29.1 Å². The van der Waals surface area contributed by atoms with E-state index in [4.69, 9.17) is 21.1 Å². The minimum atomic E-state index is -3.30. The fourth-order valence-corrected chi connectivity index (χ4v) is 8.91. The lowest BCUT2D eigenvalue weighted by molar-refractivity contribution is -0.117. The zero-order valence-corrected chi connectivity index (χ0v) is 27.7. The highest BCUT2D eigenvalue weighted by Gasteiger charge is 2.42. The van der Waals surface area contributed by atoms with E-state index in [1.54, 1.807) is 13.2 Å². The fraction of sp³-hybridized carbons (Fsp3) is 0.529. The van der Waals surface area contributed by atoms with Crippen LogP contribution in [0.4, 0.5) is 5.69 Å². The van der Waals surface area contributed by atoms with Gasteiger partial charge in [-0.2, -0.15) is 0 Å². The molecule has 0 aromatic heterocycles. The Bertz CT molecular complexity index is 1550. The number of hydrogen-bond acceptors (Lipinski definition) is 6. The van der Waals surface area contributed by atoms with Gasteiger partial charge in [-0.15, -0.1) is 4.36 Å². The van der Waals surface area contributed by atoms with E-state index in [0.717, 1.165) is 42.9 Å². The highest BCUT2D eigenvalue weighted by atomic mass is 35.5. The quantitative estimate of drug-likeness (QED) is 0.384. The maximum absolute atomic E-state index is 13.7. The van der Waals surface area contributed by atoms with Crippen molar-refractivity contribution in [3.05, 3.63) is 70.3 Å². The Balaban J connectivity index is 1.64. The largest absolute Gasteiger partial charge is 0.490 e. The van der Waals surface area contributed by atoms with E-state index in [9.17, 15) is 13.8 Å². The molecule has 2 heterocycles. The van der Waals surface area contributed by atoms with Gasteiger partial charge >= 0.3 is 0 Å². The number of aryl methyl sites for hydroxylation is 1. The molecule has 2 aromatic carbocycles. The van der Waals surface area contributed by atoms with Crippen LogP contribution in [0.2, 0.25) is 5.02 Å². The Morgan fingerprint density at radius 3 is 2.82 bits per heavy atom. The first-order chi connectivity index (χ1) is 21.1. The third kappa shape index (κ3) is 7.00. The molecule has 10 heteroatoms. The molecule has 5 rings (SSSR count). The number of fused-ring (bicyclic) bond motifs is 3. The number of nitrogens with zero attached hydrogens (tertiary/aromatic N) is 2. The van der Waals surface area contributed by atoms with Crippen molar-refractivity contribution >= 4 is 39.0 Å². The first-order valence-electron chi connectivity index (χ1n) is 15.6. The van der Waals surface area contributed by atoms with E-state index in [1.807, 2.05) is 24.3 Å². The van der Waals surface area contributed by atoms with Gasteiger partial charge in [0.2, 0.25) is 5.91 Å². The molecule has 1 spiro atoms. The molecule has 2 aromatic rings. The van der Waals surface area contributed by atoms with E-state index in [0.29, 0.717) is 37.3 Å². The molecule has 44 heavy (non-hydrogen) atoms. The Hall–Kier alpha value is -2.88. The maximum Gasteiger partial charge on any atom is 0.286 e. The Morgan fingerprint density at radius 2 is 2.07 bits per heavy atom. The second-order valence-corrected chi connectivity index (χ2v) is 15.0. The van der Waals surface area contributed by atoms with Crippen LogP contribution in [-0.2, 0) is 31.3 Å². The molecule has 0 fully saturated rings. The predicted molar refractivity (Wildman–Crippen MR) is 176 cm³/mol. The highest BCUT2D eigenvalue weighted by molar-refractivity contribution is 7.92. The molecule has 3 aliphatic rings. The average molecular weight is 642 g/mol. The molecule has 0 saturated heterocycles. The van der Waals surface area contributed by atoms with Gasteiger partial charge in [0.05, 0.1) is 24.2 Å². The van der Waals surface area contributed by atoms with E-state index in [1.165, 1.54) is 18.1 Å². The number of amides is 2. The van der Waals surface area contributed by atoms with Gasteiger partial charge in [-0.05, 0) is 85.4 Å². The SMILES string of the molecule is CC[C@H]1CN2C[C@@]3(CCCc4cc(Cl)ccc43)COc3ccc(cc32)C(=O)N=S(=O)(NC(C)=O)CCC/C=C\[C@H](OC)[C@@H]1C. The number of halogens is 1. The van der Waals surface area contributed by atoms with E-state index in [2.05, 4.69) is 46.0 Å². The van der Waals surface area contributed by atoms with Gasteiger partial charge in [-0.3, -0.25) is 14.3 Å². The van der Waals surface area contributed by atoms with Crippen molar-refractivity contribution < 1.29 is 23.3 Å². The van der Waals surface area contributed by atoms with Gasteiger partial charge in [0.15, 0.2) is 0 Å². The Labute approximate surface area is 266 Å². The van der Waals surface area contributed by atoms with Crippen LogP contribution in [0.1, 0.15) is 74.4 Å². The van der Waals surface area contributed by atoms with Crippen molar-refractivity contribution in [2.75, 3.05) is 37.5 Å². The van der Waals surface area contributed by atoms with Crippen LogP contribution in [0.15, 0.2) is 52.9 Å². The fourth-order valence-electron chi connectivity index (χ4n) is 7.09. The number of carbonyl (C=O) groups is 2. The summed E-state index contributed by atoms with van der Waals surface area (Å²) in [6, 6.07) is 11.5. The van der Waals surface area contributed by atoms with E-state index >= 15 is 0 Å². The highest BCUT2D eigenvalue weighted by Crippen LogP contribution is 2.45. The summed E-state index contributed by atoms with van der Waals surface area (Å²) in [6.45, 7) is 7.70. The number of rotatable bonds is 3. The molecular formula is C34H44ClN3O5S. The molecule has 2 bridgehead atoms. The zero-order valence-electron chi connectivity index (χ0n) is 26.1. The summed E-state index contributed by atoms with van der Waals surface area (Å²) in [7, 11) is -1.56. The molecule has 5 atom stereocenters. The molecule has 1 N–H and O–H groups in total. The third-order valence-electron chi connectivity index (χ3n) is 9.45. The molecule has 2 amide bonds. The van der Waals surface area contributed by atoms with Crippen molar-refractivity contribution in [3.8, 4) is 5.75 Å². The van der Waals surface area contributed by atoms with Gasteiger partial charge in [-0.25, -0.2) is 4.21 Å². The topological polar surface area (TPSA) is 97.3 Å². The van der Waals surface area contributed by atoms with Crippen LogP contribution in [0.25, 0.3) is 0 Å². The summed E-state index contributed by atoms with van der Waals surface area (Å²) in [5.74, 6) is 0.158. The van der Waals surface area contributed by atoms with Gasteiger partial charge in [-0.1, -0.05) is 50.1 Å². The Kier molecular flexibility index (Phi) is 10.1. The van der Waals surface area contributed by atoms with Gasteiger partial charge in [0.1, 0.15) is 15.7 Å². The lowest BCUT2D eigenvalue weighted by Gasteiger charge is -2.42. The number of methoxy groups -OCH3 is 1. The monoisotopic (exact) mass is 641 g/mol. The molecule has 1 unspecified atom stereocenters. The summed E-state index contributed by atoms with van der Waals surface area (Å²) in [5.41, 5.74) is 3.41. The normalized spacial score (nSPS) is 30.0. The van der Waals surface area contributed by atoms with Crippen molar-refractivity contribution in [3.63, 3.8) is 0 Å². The minimum Gasteiger partial charge on any atom is -0.490 e. The van der Waals surface area contributed by atoms with Crippen LogP contribution in [-0.4, -0.2) is 54.7 Å². The average Bonchev–Trinajstić information content (AvgIpc) is 3.13. The van der Waals surface area contributed by atoms with Crippen molar-refractivity contribution in [2.24, 2.45) is 16.2 Å². The van der Waals surface area contributed by atoms with Crippen molar-refractivity contribution in [1.82, 2.24) is 4.72 Å². The number of allylic oxidation sites excluding steroid dienone is 1. The summed E-state index contributed by atoms with van der Waals surface area (Å²) in [6.07, 6.45) is 9.08. The summed E-state index contributed by atoms with van der Waals surface area (Å²) < 4.78 is 32.8. The first-order valence-corrected chi connectivity index (χ1v) is 17.7. The summed E-state index contributed by atoms with van der Waals surface area (Å²) in [5, 5.41) is 0.741. The predicted octanol–water partition coefficient (Wildman–Crippen LogP) is 6.50.